The Bertz CT molecular complexity index is 570. The van der Waals surface area contributed by atoms with Gasteiger partial charge in [-0.15, -0.1) is 11.3 Å². The fourth-order valence-corrected chi connectivity index (χ4v) is 2.18. The van der Waals surface area contributed by atoms with Gasteiger partial charge in [0.15, 0.2) is 5.13 Å². The number of anilines is 1. The van der Waals surface area contributed by atoms with Crippen molar-refractivity contribution >= 4 is 28.3 Å². The first-order chi connectivity index (χ1) is 9.06. The lowest BCUT2D eigenvalue weighted by Crippen LogP contribution is -2.32. The maximum Gasteiger partial charge on any atom is 0.254 e. The number of nitrogens with one attached hydrogen (secondary N) is 2. The molecular formula is C12H13N3O3S. The number of carbonyl (C=O) groups is 2. The molecule has 6 nitrogen and oxygen atoms in total. The highest BCUT2D eigenvalue weighted by Gasteiger charge is 2.11. The fourth-order valence-electron chi connectivity index (χ4n) is 1.35. The van der Waals surface area contributed by atoms with Crippen LogP contribution in [0.1, 0.15) is 20.9 Å². The second-order valence-corrected chi connectivity index (χ2v) is 5.11. The molecule has 2 aromatic heterocycles. The van der Waals surface area contributed by atoms with Crippen LogP contribution in [0.5, 0.6) is 0 Å². The molecule has 0 aliphatic carbocycles. The largest absolute Gasteiger partial charge is 0.472 e. The molecule has 2 N–H and O–H groups in total. The molecule has 0 aliphatic heterocycles. The van der Waals surface area contributed by atoms with Gasteiger partial charge < -0.3 is 15.1 Å². The van der Waals surface area contributed by atoms with E-state index in [9.17, 15) is 9.59 Å². The van der Waals surface area contributed by atoms with E-state index in [1.807, 2.05) is 13.8 Å². The predicted molar refractivity (Wildman–Crippen MR) is 71.3 cm³/mol. The Morgan fingerprint density at radius 2 is 2.21 bits per heavy atom. The zero-order valence-electron chi connectivity index (χ0n) is 10.5. The number of aryl methyl sites for hydroxylation is 2. The van der Waals surface area contributed by atoms with Crippen molar-refractivity contribution in [3.8, 4) is 0 Å². The van der Waals surface area contributed by atoms with Crippen LogP contribution in [-0.2, 0) is 4.79 Å². The number of hydrogen-bond donors (Lipinski definition) is 2. The molecule has 2 rings (SSSR count). The highest BCUT2D eigenvalue weighted by Crippen LogP contribution is 2.20. The van der Waals surface area contributed by atoms with Crippen LogP contribution in [0.15, 0.2) is 23.0 Å². The molecule has 0 saturated heterocycles. The maximum atomic E-state index is 11.6. The number of carbonyl (C=O) groups excluding carboxylic acids is 2. The summed E-state index contributed by atoms with van der Waals surface area (Å²) in [5.74, 6) is -0.666. The van der Waals surface area contributed by atoms with E-state index < -0.39 is 0 Å². The quantitative estimate of drug-likeness (QED) is 0.892. The standard InChI is InChI=1S/C12H13N3O3S/c1-7-8(2)19-12(14-7)15-10(16)5-13-11(17)9-3-4-18-6-9/h3-4,6H,5H2,1-2H3,(H,13,17)(H,14,15,16). The van der Waals surface area contributed by atoms with Crippen LogP contribution < -0.4 is 10.6 Å². The van der Waals surface area contributed by atoms with Gasteiger partial charge in [0.2, 0.25) is 5.91 Å². The molecule has 19 heavy (non-hydrogen) atoms. The molecule has 2 amide bonds. The monoisotopic (exact) mass is 279 g/mol. The summed E-state index contributed by atoms with van der Waals surface area (Å²) in [6, 6.07) is 1.53. The summed E-state index contributed by atoms with van der Waals surface area (Å²) in [4.78, 5) is 28.4. The summed E-state index contributed by atoms with van der Waals surface area (Å²) in [6.45, 7) is 3.70. The molecule has 0 fully saturated rings. The van der Waals surface area contributed by atoms with E-state index in [0.29, 0.717) is 10.7 Å². The van der Waals surface area contributed by atoms with E-state index in [0.717, 1.165) is 10.6 Å². The first-order valence-electron chi connectivity index (χ1n) is 5.60. The second-order valence-electron chi connectivity index (χ2n) is 3.90. The molecule has 0 aromatic carbocycles. The van der Waals surface area contributed by atoms with Gasteiger partial charge in [0.1, 0.15) is 6.26 Å². The molecule has 0 spiro atoms. The molecule has 7 heteroatoms. The molecule has 0 atom stereocenters. The molecule has 2 heterocycles. The van der Waals surface area contributed by atoms with Gasteiger partial charge in [-0.2, -0.15) is 0 Å². The molecule has 0 bridgehead atoms. The molecule has 2 aromatic rings. The van der Waals surface area contributed by atoms with E-state index in [1.54, 1.807) is 0 Å². The summed E-state index contributed by atoms with van der Waals surface area (Å²) >= 11 is 1.40. The van der Waals surface area contributed by atoms with Crippen molar-refractivity contribution in [3.05, 3.63) is 34.7 Å². The van der Waals surface area contributed by atoms with Crippen molar-refractivity contribution in [1.82, 2.24) is 10.3 Å². The van der Waals surface area contributed by atoms with Crippen LogP contribution in [0.3, 0.4) is 0 Å². The van der Waals surface area contributed by atoms with Crippen molar-refractivity contribution in [2.45, 2.75) is 13.8 Å². The SMILES string of the molecule is Cc1nc(NC(=O)CNC(=O)c2ccoc2)sc1C. The highest BCUT2D eigenvalue weighted by atomic mass is 32.1. The predicted octanol–water partition coefficient (Wildman–Crippen LogP) is 1.72. The Balaban J connectivity index is 1.83. The normalized spacial score (nSPS) is 10.2. The van der Waals surface area contributed by atoms with E-state index in [4.69, 9.17) is 4.42 Å². The van der Waals surface area contributed by atoms with Crippen molar-refractivity contribution in [1.29, 1.82) is 0 Å². The van der Waals surface area contributed by atoms with Crippen LogP contribution in [0.25, 0.3) is 0 Å². The molecule has 0 aliphatic rings. The smallest absolute Gasteiger partial charge is 0.254 e. The average molecular weight is 279 g/mol. The second kappa shape index (κ2) is 5.66. The van der Waals surface area contributed by atoms with E-state index in [2.05, 4.69) is 15.6 Å². The number of rotatable bonds is 4. The maximum absolute atomic E-state index is 11.6. The summed E-state index contributed by atoms with van der Waals surface area (Å²) in [5, 5.41) is 5.67. The number of furan rings is 1. The third-order valence-electron chi connectivity index (χ3n) is 2.47. The van der Waals surface area contributed by atoms with Crippen LogP contribution >= 0.6 is 11.3 Å². The van der Waals surface area contributed by atoms with Crippen LogP contribution in [0.4, 0.5) is 5.13 Å². The lowest BCUT2D eigenvalue weighted by Gasteiger charge is -2.03. The molecular weight excluding hydrogens is 266 g/mol. The van der Waals surface area contributed by atoms with Gasteiger partial charge in [0.05, 0.1) is 24.1 Å². The topological polar surface area (TPSA) is 84.2 Å². The minimum atomic E-state index is -0.351. The lowest BCUT2D eigenvalue weighted by molar-refractivity contribution is -0.115. The minimum absolute atomic E-state index is 0.109. The number of nitrogens with zero attached hydrogens (tertiary/aromatic N) is 1. The average Bonchev–Trinajstić information content (AvgIpc) is 2.98. The number of amides is 2. The lowest BCUT2D eigenvalue weighted by atomic mass is 10.3. The molecule has 0 unspecified atom stereocenters. The van der Waals surface area contributed by atoms with Gasteiger partial charge >= 0.3 is 0 Å². The van der Waals surface area contributed by atoms with Gasteiger partial charge in [-0.05, 0) is 19.9 Å². The third-order valence-corrected chi connectivity index (χ3v) is 3.46. The summed E-state index contributed by atoms with van der Waals surface area (Å²) < 4.78 is 4.78. The van der Waals surface area contributed by atoms with Crippen molar-refractivity contribution in [3.63, 3.8) is 0 Å². The van der Waals surface area contributed by atoms with Crippen LogP contribution in [0, 0.1) is 13.8 Å². The van der Waals surface area contributed by atoms with Gasteiger partial charge in [-0.25, -0.2) is 4.98 Å². The number of aromatic nitrogens is 1. The van der Waals surface area contributed by atoms with Crippen molar-refractivity contribution in [2.24, 2.45) is 0 Å². The first-order valence-corrected chi connectivity index (χ1v) is 6.42. The molecule has 0 radical (unpaired) electrons. The Hall–Kier alpha value is -2.15. The highest BCUT2D eigenvalue weighted by molar-refractivity contribution is 7.15. The Morgan fingerprint density at radius 3 is 2.79 bits per heavy atom. The van der Waals surface area contributed by atoms with E-state index >= 15 is 0 Å². The molecule has 0 saturated carbocycles. The van der Waals surface area contributed by atoms with Gasteiger partial charge in [-0.1, -0.05) is 0 Å². The summed E-state index contributed by atoms with van der Waals surface area (Å²) in [6.07, 6.45) is 2.72. The van der Waals surface area contributed by atoms with Gasteiger partial charge in [0, 0.05) is 4.88 Å². The Morgan fingerprint density at radius 1 is 1.42 bits per heavy atom. The van der Waals surface area contributed by atoms with Gasteiger partial charge in [0.25, 0.3) is 5.91 Å². The summed E-state index contributed by atoms with van der Waals surface area (Å²) in [7, 11) is 0. The molecule has 100 valence electrons. The van der Waals surface area contributed by atoms with Crippen molar-refractivity contribution in [2.75, 3.05) is 11.9 Å². The zero-order chi connectivity index (χ0) is 13.8. The van der Waals surface area contributed by atoms with E-state index in [1.165, 1.54) is 29.9 Å². The van der Waals surface area contributed by atoms with E-state index in [-0.39, 0.29) is 18.4 Å². The van der Waals surface area contributed by atoms with Gasteiger partial charge in [-0.3, -0.25) is 9.59 Å². The first kappa shape index (κ1) is 13.3. The minimum Gasteiger partial charge on any atom is -0.472 e. The number of thiazole rings is 1. The van der Waals surface area contributed by atoms with Crippen LogP contribution in [0.2, 0.25) is 0 Å². The zero-order valence-corrected chi connectivity index (χ0v) is 11.3. The van der Waals surface area contributed by atoms with Crippen molar-refractivity contribution < 1.29 is 14.0 Å². The Kier molecular flexibility index (Phi) is 3.96. The summed E-state index contributed by atoms with van der Waals surface area (Å²) in [5.41, 5.74) is 1.27. The number of hydrogen-bond acceptors (Lipinski definition) is 5. The fraction of sp³-hybridized carbons (Fsp3) is 0.250. The third kappa shape index (κ3) is 3.41. The van der Waals surface area contributed by atoms with Crippen LogP contribution in [-0.4, -0.2) is 23.3 Å². The Labute approximate surface area is 113 Å².